The van der Waals surface area contributed by atoms with Gasteiger partial charge in [0, 0.05) is 42.9 Å². The van der Waals surface area contributed by atoms with Gasteiger partial charge >= 0.3 is 12.8 Å². The molecule has 4 nitrogen and oxygen atoms in total. The molecule has 0 N–H and O–H groups in total. The summed E-state index contributed by atoms with van der Waals surface area (Å²) in [6.45, 7) is 0.206. The zero-order valence-electron chi connectivity index (χ0n) is 24.4. The molecule has 0 atom stereocenters. The van der Waals surface area contributed by atoms with Gasteiger partial charge in [0.15, 0.2) is 0 Å². The lowest BCUT2D eigenvalue weighted by atomic mass is 10.1. The molecule has 0 unspecified atom stereocenters. The summed E-state index contributed by atoms with van der Waals surface area (Å²) in [6.07, 6.45) is -3.87. The number of alkyl halides is 5. The molecule has 0 aliphatic rings. The molecule has 0 saturated heterocycles. The van der Waals surface area contributed by atoms with Gasteiger partial charge in [0.1, 0.15) is 17.4 Å². The first-order valence-electron chi connectivity index (χ1n) is 14.4. The monoisotopic (exact) mass is 623 g/mol. The molecule has 5 rings (SSSR count). The first kappa shape index (κ1) is 31.8. The SMILES string of the molecule is CCCn1c(-c2ccccc2)nc(-c2ccccc2)c1CN(Cc1ccc(OC(F)F)cc1)Cc1ccc(C(F)(F)F)cc1F. The summed E-state index contributed by atoms with van der Waals surface area (Å²) in [4.78, 5) is 6.98. The number of hydrogen-bond acceptors (Lipinski definition) is 3. The van der Waals surface area contributed by atoms with E-state index in [2.05, 4.69) is 16.2 Å². The lowest BCUT2D eigenvalue weighted by Gasteiger charge is -2.25. The quantitative estimate of drug-likeness (QED) is 0.130. The van der Waals surface area contributed by atoms with Crippen LogP contribution in [0.3, 0.4) is 0 Å². The summed E-state index contributed by atoms with van der Waals surface area (Å²) in [5.74, 6) is -0.208. The van der Waals surface area contributed by atoms with Crippen LogP contribution in [0.15, 0.2) is 103 Å². The van der Waals surface area contributed by atoms with Gasteiger partial charge in [0.25, 0.3) is 0 Å². The number of halogens is 6. The van der Waals surface area contributed by atoms with Crippen LogP contribution in [0.2, 0.25) is 0 Å². The van der Waals surface area contributed by atoms with Crippen LogP contribution in [0, 0.1) is 5.82 Å². The molecule has 0 spiro atoms. The maximum absolute atomic E-state index is 15.1. The highest BCUT2D eigenvalue weighted by atomic mass is 19.4. The Morgan fingerprint density at radius 2 is 1.44 bits per heavy atom. The standard InChI is InChI=1S/C35H31F6N3O/c1-2-19-44-31(32(25-9-5-3-6-10-25)42-33(44)26-11-7-4-8-12-26)23-43(21-24-13-17-29(18-14-24)45-34(37)38)22-27-15-16-28(20-30(27)36)35(39,40)41/h3-18,20,34H,2,19,21-23H2,1H3. The molecule has 234 valence electrons. The second-order valence-corrected chi connectivity index (χ2v) is 10.6. The second kappa shape index (κ2) is 14.0. The third kappa shape index (κ3) is 7.94. The molecule has 0 aliphatic heterocycles. The van der Waals surface area contributed by atoms with E-state index in [1.165, 1.54) is 12.1 Å². The predicted octanol–water partition coefficient (Wildman–Crippen LogP) is 9.59. The first-order valence-corrected chi connectivity index (χ1v) is 14.4. The highest BCUT2D eigenvalue weighted by Crippen LogP contribution is 2.33. The van der Waals surface area contributed by atoms with E-state index in [0.717, 1.165) is 52.5 Å². The number of nitrogens with zero attached hydrogens (tertiary/aromatic N) is 3. The molecular weight excluding hydrogens is 592 g/mol. The van der Waals surface area contributed by atoms with Gasteiger partial charge < -0.3 is 9.30 Å². The average Bonchev–Trinajstić information content (AvgIpc) is 3.37. The fourth-order valence-corrected chi connectivity index (χ4v) is 5.25. The summed E-state index contributed by atoms with van der Waals surface area (Å²) in [6, 6.07) is 28.0. The maximum Gasteiger partial charge on any atom is 0.416 e. The van der Waals surface area contributed by atoms with Crippen LogP contribution < -0.4 is 4.74 Å². The van der Waals surface area contributed by atoms with Gasteiger partial charge in [0.2, 0.25) is 0 Å². The van der Waals surface area contributed by atoms with Gasteiger partial charge in [-0.2, -0.15) is 22.0 Å². The van der Waals surface area contributed by atoms with Crippen LogP contribution >= 0.6 is 0 Å². The third-order valence-corrected chi connectivity index (χ3v) is 7.30. The molecule has 45 heavy (non-hydrogen) atoms. The molecule has 10 heteroatoms. The molecule has 0 fully saturated rings. The van der Waals surface area contributed by atoms with Crippen molar-refractivity contribution in [3.63, 3.8) is 0 Å². The van der Waals surface area contributed by atoms with Crippen molar-refractivity contribution in [1.29, 1.82) is 0 Å². The average molecular weight is 624 g/mol. The van der Waals surface area contributed by atoms with Crippen LogP contribution in [0.1, 0.15) is 35.7 Å². The molecule has 0 amide bonds. The Hall–Kier alpha value is -4.57. The van der Waals surface area contributed by atoms with Crippen molar-refractivity contribution in [2.24, 2.45) is 0 Å². The molecule has 1 aromatic heterocycles. The zero-order chi connectivity index (χ0) is 32.0. The van der Waals surface area contributed by atoms with Gasteiger partial charge in [-0.3, -0.25) is 4.90 Å². The fraction of sp³-hybridized carbons (Fsp3) is 0.229. The Balaban J connectivity index is 1.58. The molecular formula is C35H31F6N3O. The van der Waals surface area contributed by atoms with Gasteiger partial charge in [0.05, 0.1) is 17.0 Å². The second-order valence-electron chi connectivity index (χ2n) is 10.6. The minimum absolute atomic E-state index is 0.00558. The first-order chi connectivity index (χ1) is 21.6. The number of benzene rings is 4. The molecule has 1 heterocycles. The van der Waals surface area contributed by atoms with Gasteiger partial charge in [-0.1, -0.05) is 85.8 Å². The Morgan fingerprint density at radius 1 is 0.800 bits per heavy atom. The third-order valence-electron chi connectivity index (χ3n) is 7.30. The number of imidazole rings is 1. The Labute approximate surface area is 257 Å². The van der Waals surface area contributed by atoms with Crippen molar-refractivity contribution in [1.82, 2.24) is 14.5 Å². The van der Waals surface area contributed by atoms with E-state index in [1.807, 2.05) is 65.6 Å². The van der Waals surface area contributed by atoms with Crippen molar-refractivity contribution < 1.29 is 31.1 Å². The van der Waals surface area contributed by atoms with Crippen LogP contribution in [0.4, 0.5) is 26.3 Å². The van der Waals surface area contributed by atoms with E-state index in [0.29, 0.717) is 12.6 Å². The Morgan fingerprint density at radius 3 is 2.02 bits per heavy atom. The number of rotatable bonds is 12. The molecule has 0 saturated carbocycles. The van der Waals surface area contributed by atoms with Crippen molar-refractivity contribution in [3.05, 3.63) is 131 Å². The highest BCUT2D eigenvalue weighted by Gasteiger charge is 2.31. The smallest absolute Gasteiger partial charge is 0.416 e. The molecule has 0 radical (unpaired) electrons. The largest absolute Gasteiger partial charge is 0.435 e. The lowest BCUT2D eigenvalue weighted by Crippen LogP contribution is -2.25. The van der Waals surface area contributed by atoms with Gasteiger partial charge in [-0.25, -0.2) is 9.37 Å². The van der Waals surface area contributed by atoms with Gasteiger partial charge in [-0.15, -0.1) is 0 Å². The summed E-state index contributed by atoms with van der Waals surface area (Å²) in [5, 5.41) is 0. The summed E-state index contributed by atoms with van der Waals surface area (Å²) in [7, 11) is 0. The van der Waals surface area contributed by atoms with Gasteiger partial charge in [-0.05, 0) is 36.2 Å². The van der Waals surface area contributed by atoms with Crippen LogP contribution in [0.5, 0.6) is 5.75 Å². The van der Waals surface area contributed by atoms with Crippen molar-refractivity contribution in [3.8, 4) is 28.4 Å². The number of hydrogen-bond donors (Lipinski definition) is 0. The van der Waals surface area contributed by atoms with E-state index in [4.69, 9.17) is 4.98 Å². The molecule has 0 bridgehead atoms. The van der Waals surface area contributed by atoms with Crippen molar-refractivity contribution in [2.75, 3.05) is 0 Å². The Bertz CT molecular complexity index is 1690. The molecule has 5 aromatic rings. The summed E-state index contributed by atoms with van der Waals surface area (Å²) in [5.41, 5.74) is 3.14. The maximum atomic E-state index is 15.1. The minimum Gasteiger partial charge on any atom is -0.435 e. The summed E-state index contributed by atoms with van der Waals surface area (Å²) >= 11 is 0. The normalized spacial score (nSPS) is 11.8. The Kier molecular flexibility index (Phi) is 9.93. The number of aromatic nitrogens is 2. The van der Waals surface area contributed by atoms with E-state index < -0.39 is 24.2 Å². The molecule has 4 aromatic carbocycles. The van der Waals surface area contributed by atoms with E-state index in [1.54, 1.807) is 12.1 Å². The number of ether oxygens (including phenoxy) is 1. The topological polar surface area (TPSA) is 30.3 Å². The lowest BCUT2D eigenvalue weighted by molar-refractivity contribution is -0.137. The van der Waals surface area contributed by atoms with E-state index in [9.17, 15) is 22.0 Å². The minimum atomic E-state index is -4.67. The van der Waals surface area contributed by atoms with Crippen molar-refractivity contribution >= 4 is 0 Å². The zero-order valence-corrected chi connectivity index (χ0v) is 24.4. The molecule has 0 aliphatic carbocycles. The van der Waals surface area contributed by atoms with Crippen LogP contribution in [0.25, 0.3) is 22.6 Å². The van der Waals surface area contributed by atoms with Crippen LogP contribution in [-0.2, 0) is 32.4 Å². The van der Waals surface area contributed by atoms with E-state index >= 15 is 4.39 Å². The summed E-state index contributed by atoms with van der Waals surface area (Å²) < 4.78 is 87.0. The predicted molar refractivity (Wildman–Crippen MR) is 161 cm³/mol. The van der Waals surface area contributed by atoms with E-state index in [-0.39, 0.29) is 30.9 Å². The fourth-order valence-electron chi connectivity index (χ4n) is 5.25. The highest BCUT2D eigenvalue weighted by molar-refractivity contribution is 5.68. The van der Waals surface area contributed by atoms with Crippen molar-refractivity contribution in [2.45, 2.75) is 52.3 Å². The van der Waals surface area contributed by atoms with Crippen LogP contribution in [-0.4, -0.2) is 21.1 Å².